The zero-order valence-electron chi connectivity index (χ0n) is 34.0. The fourth-order valence-electron chi connectivity index (χ4n) is 7.08. The molecule has 5 aromatic carbocycles. The average Bonchev–Trinajstić information content (AvgIpc) is 3.04. The number of hydrogen-bond donors (Lipinski definition) is 2. The van der Waals surface area contributed by atoms with Crippen molar-refractivity contribution in [3.63, 3.8) is 0 Å². The summed E-state index contributed by atoms with van der Waals surface area (Å²) in [6.45, 7) is 28.1. The molecule has 0 amide bonds. The van der Waals surface area contributed by atoms with E-state index < -0.39 is 0 Å². The van der Waals surface area contributed by atoms with E-state index in [0.717, 1.165) is 52.2 Å². The monoisotopic (exact) mass is 695 g/mol. The van der Waals surface area contributed by atoms with Crippen LogP contribution in [0.5, 0.6) is 11.5 Å². The van der Waals surface area contributed by atoms with E-state index >= 15 is 0 Å². The van der Waals surface area contributed by atoms with E-state index in [1.54, 1.807) is 0 Å². The van der Waals surface area contributed by atoms with Gasteiger partial charge in [0.25, 0.3) is 0 Å². The zero-order chi connectivity index (χ0) is 38.3. The summed E-state index contributed by atoms with van der Waals surface area (Å²) in [5, 5.41) is 22.4. The van der Waals surface area contributed by atoms with Crippen LogP contribution >= 0.6 is 0 Å². The molecule has 0 atom stereocenters. The first kappa shape index (κ1) is 38.7. The van der Waals surface area contributed by atoms with Crippen molar-refractivity contribution in [3.8, 4) is 11.5 Å². The fourth-order valence-corrected chi connectivity index (χ4v) is 7.08. The zero-order valence-corrected chi connectivity index (χ0v) is 34.0. The summed E-state index contributed by atoms with van der Waals surface area (Å²) < 4.78 is 0. The first-order valence-corrected chi connectivity index (χ1v) is 18.9. The Morgan fingerprint density at radius 1 is 0.462 bits per heavy atom. The van der Waals surface area contributed by atoms with E-state index in [9.17, 15) is 10.2 Å². The lowest BCUT2D eigenvalue weighted by Crippen LogP contribution is -2.18. The van der Waals surface area contributed by atoms with Crippen molar-refractivity contribution in [2.45, 2.75) is 125 Å². The summed E-state index contributed by atoms with van der Waals surface area (Å²) in [7, 11) is 0. The Morgan fingerprint density at radius 3 is 1.23 bits per heavy atom. The Labute approximate surface area is 314 Å². The Balaban J connectivity index is 1.49. The molecule has 274 valence electrons. The van der Waals surface area contributed by atoms with Gasteiger partial charge in [-0.25, -0.2) is 0 Å². The van der Waals surface area contributed by atoms with Crippen molar-refractivity contribution < 1.29 is 10.2 Å². The van der Waals surface area contributed by atoms with Crippen LogP contribution in [0.1, 0.15) is 138 Å². The minimum absolute atomic E-state index is 0.148. The lowest BCUT2D eigenvalue weighted by Gasteiger charge is -2.28. The second-order valence-electron chi connectivity index (χ2n) is 18.3. The maximum absolute atomic E-state index is 11.3. The van der Waals surface area contributed by atoms with E-state index in [-0.39, 0.29) is 22.2 Å². The molecule has 0 fully saturated rings. The highest BCUT2D eigenvalue weighted by atomic mass is 16.3. The molecule has 0 heterocycles. The van der Waals surface area contributed by atoms with Gasteiger partial charge in [-0.3, -0.25) is 0 Å². The van der Waals surface area contributed by atoms with Gasteiger partial charge in [-0.1, -0.05) is 131 Å². The first-order chi connectivity index (χ1) is 24.1. The molecule has 2 N–H and O–H groups in total. The van der Waals surface area contributed by atoms with Gasteiger partial charge in [0.15, 0.2) is 0 Å². The largest absolute Gasteiger partial charge is 0.507 e. The molecule has 0 saturated carbocycles. The molecule has 5 rings (SSSR count). The van der Waals surface area contributed by atoms with Crippen molar-refractivity contribution in [1.82, 2.24) is 0 Å². The summed E-state index contributed by atoms with van der Waals surface area (Å²) in [5.74, 6) is 1.10. The molecule has 5 aromatic rings. The molecule has 0 aliphatic carbocycles. The average molecular weight is 696 g/mol. The number of hydrogen-bond acceptors (Lipinski definition) is 3. The first-order valence-electron chi connectivity index (χ1n) is 18.9. The second-order valence-corrected chi connectivity index (χ2v) is 18.3. The summed E-state index contributed by atoms with van der Waals surface area (Å²) in [6, 6.07) is 33.3. The number of rotatable bonds is 8. The van der Waals surface area contributed by atoms with Gasteiger partial charge in [0.05, 0.1) is 0 Å². The van der Waals surface area contributed by atoms with E-state index in [1.165, 1.54) is 33.4 Å². The smallest absolute Gasteiger partial charge is 0.123 e. The van der Waals surface area contributed by atoms with Crippen LogP contribution < -0.4 is 4.90 Å². The van der Waals surface area contributed by atoms with E-state index in [4.69, 9.17) is 0 Å². The van der Waals surface area contributed by atoms with Gasteiger partial charge in [0, 0.05) is 17.1 Å². The minimum atomic E-state index is -0.164. The Kier molecular flexibility index (Phi) is 10.8. The molecular weight excluding hydrogens is 635 g/mol. The standard InChI is InChI=1S/C49H61NO2/c1-31(2)41-27-36(28-42(45(41)51)47(5,6)7)25-34-15-20-38(21-16-34)50(40-19-14-32(3)33(4)24-40)39-22-17-35(18-23-39)26-37-29-43(48(8,9)10)46(52)44(30-37)49(11,12)13/h14-24,27-31,51-52H,25-26H2,1-13H3. The lowest BCUT2D eigenvalue weighted by atomic mass is 9.78. The highest BCUT2D eigenvalue weighted by Gasteiger charge is 2.27. The molecule has 0 spiro atoms. The maximum Gasteiger partial charge on any atom is 0.123 e. The van der Waals surface area contributed by atoms with Crippen molar-refractivity contribution in [2.24, 2.45) is 0 Å². The highest BCUT2D eigenvalue weighted by Crippen LogP contribution is 2.42. The van der Waals surface area contributed by atoms with Crippen LogP contribution in [0, 0.1) is 13.8 Å². The number of benzene rings is 5. The minimum Gasteiger partial charge on any atom is -0.507 e. The third-order valence-corrected chi connectivity index (χ3v) is 10.4. The molecule has 0 aliphatic rings. The van der Waals surface area contributed by atoms with Crippen LogP contribution in [0.25, 0.3) is 0 Å². The van der Waals surface area contributed by atoms with E-state index in [0.29, 0.717) is 11.5 Å². The van der Waals surface area contributed by atoms with Crippen LogP contribution in [-0.4, -0.2) is 10.2 Å². The quantitative estimate of drug-likeness (QED) is 0.170. The van der Waals surface area contributed by atoms with Crippen LogP contribution in [0.3, 0.4) is 0 Å². The molecule has 3 heteroatoms. The predicted octanol–water partition coefficient (Wildman–Crippen LogP) is 13.4. The highest BCUT2D eigenvalue weighted by molar-refractivity contribution is 5.77. The number of nitrogens with zero attached hydrogens (tertiary/aromatic N) is 1. The van der Waals surface area contributed by atoms with Crippen LogP contribution in [0.2, 0.25) is 0 Å². The van der Waals surface area contributed by atoms with Crippen LogP contribution in [-0.2, 0) is 29.1 Å². The summed E-state index contributed by atoms with van der Waals surface area (Å²) in [5.41, 5.74) is 14.3. The molecule has 0 saturated heterocycles. The third kappa shape index (κ3) is 8.58. The lowest BCUT2D eigenvalue weighted by molar-refractivity contribution is 0.422. The van der Waals surface area contributed by atoms with Crippen molar-refractivity contribution in [3.05, 3.63) is 147 Å². The van der Waals surface area contributed by atoms with Crippen molar-refractivity contribution in [1.29, 1.82) is 0 Å². The van der Waals surface area contributed by atoms with Gasteiger partial charge in [-0.15, -0.1) is 0 Å². The Hall–Kier alpha value is -4.50. The van der Waals surface area contributed by atoms with Crippen LogP contribution in [0.15, 0.2) is 91.0 Å². The normalized spacial score (nSPS) is 12.4. The molecular formula is C49H61NO2. The molecule has 0 radical (unpaired) electrons. The van der Waals surface area contributed by atoms with Crippen LogP contribution in [0.4, 0.5) is 17.1 Å². The summed E-state index contributed by atoms with van der Waals surface area (Å²) in [4.78, 5) is 2.34. The number of anilines is 3. The van der Waals surface area contributed by atoms with Gasteiger partial charge in [0.1, 0.15) is 11.5 Å². The second kappa shape index (κ2) is 14.5. The topological polar surface area (TPSA) is 43.7 Å². The van der Waals surface area contributed by atoms with Gasteiger partial charge in [-0.05, 0) is 141 Å². The molecule has 0 aliphatic heterocycles. The Morgan fingerprint density at radius 2 is 0.846 bits per heavy atom. The number of aromatic hydroxyl groups is 2. The SMILES string of the molecule is Cc1ccc(N(c2ccc(Cc3cc(C(C)C)c(O)c(C(C)(C)C)c3)cc2)c2ccc(Cc3cc(C(C)(C)C)c(O)c(C(C)(C)C)c3)cc2)cc1C. The summed E-state index contributed by atoms with van der Waals surface area (Å²) >= 11 is 0. The van der Waals surface area contributed by atoms with Gasteiger partial charge >= 0.3 is 0 Å². The van der Waals surface area contributed by atoms with E-state index in [2.05, 4.69) is 186 Å². The fraction of sp³-hybridized carbons (Fsp3) is 0.388. The Bertz CT molecular complexity index is 1990. The number of phenolic OH excluding ortho intramolecular Hbond substituents is 2. The third-order valence-electron chi connectivity index (χ3n) is 10.4. The molecule has 3 nitrogen and oxygen atoms in total. The van der Waals surface area contributed by atoms with Gasteiger partial charge in [0.2, 0.25) is 0 Å². The van der Waals surface area contributed by atoms with Gasteiger partial charge < -0.3 is 15.1 Å². The maximum atomic E-state index is 11.3. The van der Waals surface area contributed by atoms with Crippen molar-refractivity contribution >= 4 is 17.1 Å². The number of aryl methyl sites for hydroxylation is 2. The van der Waals surface area contributed by atoms with Crippen molar-refractivity contribution in [2.75, 3.05) is 4.90 Å². The van der Waals surface area contributed by atoms with E-state index in [1.807, 2.05) is 0 Å². The predicted molar refractivity (Wildman–Crippen MR) is 223 cm³/mol. The molecule has 0 aromatic heterocycles. The molecule has 0 unspecified atom stereocenters. The molecule has 52 heavy (non-hydrogen) atoms. The molecule has 0 bridgehead atoms. The summed E-state index contributed by atoms with van der Waals surface area (Å²) in [6.07, 6.45) is 1.59. The number of phenols is 2. The van der Waals surface area contributed by atoms with Gasteiger partial charge in [-0.2, -0.15) is 0 Å².